The lowest BCUT2D eigenvalue weighted by atomic mass is 10.0. The van der Waals surface area contributed by atoms with E-state index in [4.69, 9.17) is 4.74 Å². The van der Waals surface area contributed by atoms with E-state index in [0.717, 1.165) is 11.1 Å². The number of aryl methyl sites for hydroxylation is 1. The minimum Gasteiger partial charge on any atom is -0.496 e. The average molecular weight is 460 g/mol. The molecule has 2 aromatic rings. The second kappa shape index (κ2) is 10.1. The van der Waals surface area contributed by atoms with Crippen LogP contribution in [0.2, 0.25) is 0 Å². The van der Waals surface area contributed by atoms with E-state index in [1.54, 1.807) is 19.2 Å². The van der Waals surface area contributed by atoms with Crippen molar-refractivity contribution in [2.24, 2.45) is 0 Å². The van der Waals surface area contributed by atoms with Crippen LogP contribution in [0, 0.1) is 6.92 Å². The number of piperidine rings is 1. The average Bonchev–Trinajstić information content (AvgIpc) is 2.74. The molecule has 0 aromatic heterocycles. The third-order valence-corrected chi connectivity index (χ3v) is 7.33. The van der Waals surface area contributed by atoms with Gasteiger partial charge in [0.05, 0.1) is 18.4 Å². The molecule has 0 unspecified atom stereocenters. The molecule has 1 aliphatic rings. The first-order valence-electron chi connectivity index (χ1n) is 10.5. The van der Waals surface area contributed by atoms with Gasteiger partial charge in [-0.05, 0) is 50.1 Å². The standard InChI is InChI=1S/C23H29N3O5S/c1-16-4-9-22(31-3)18(14-16)15-23(28)25-20-10-12-26(13-11-20)32(29,30)21-7-5-19(6-8-21)24-17(2)27/h4-9,14,20H,10-13,15H2,1-3H3,(H,24,27)(H,25,28). The number of nitrogens with zero attached hydrogens (tertiary/aromatic N) is 1. The smallest absolute Gasteiger partial charge is 0.243 e. The van der Waals surface area contributed by atoms with Gasteiger partial charge in [0.25, 0.3) is 0 Å². The third-order valence-electron chi connectivity index (χ3n) is 5.42. The fraction of sp³-hybridized carbons (Fsp3) is 0.391. The van der Waals surface area contributed by atoms with Crippen molar-refractivity contribution in [2.45, 2.75) is 44.0 Å². The van der Waals surface area contributed by atoms with E-state index in [9.17, 15) is 18.0 Å². The van der Waals surface area contributed by atoms with E-state index in [2.05, 4.69) is 10.6 Å². The molecule has 172 valence electrons. The van der Waals surface area contributed by atoms with Gasteiger partial charge >= 0.3 is 0 Å². The number of rotatable bonds is 7. The number of hydrogen-bond acceptors (Lipinski definition) is 5. The van der Waals surface area contributed by atoms with Gasteiger partial charge in [-0.1, -0.05) is 17.7 Å². The van der Waals surface area contributed by atoms with Gasteiger partial charge in [0, 0.05) is 37.3 Å². The van der Waals surface area contributed by atoms with E-state index < -0.39 is 10.0 Å². The van der Waals surface area contributed by atoms with Crippen LogP contribution < -0.4 is 15.4 Å². The first-order valence-corrected chi connectivity index (χ1v) is 11.9. The molecule has 9 heteroatoms. The Morgan fingerprint density at radius 1 is 1.09 bits per heavy atom. The summed E-state index contributed by atoms with van der Waals surface area (Å²) in [4.78, 5) is 23.8. The van der Waals surface area contributed by atoms with Crippen LogP contribution in [0.3, 0.4) is 0 Å². The zero-order valence-electron chi connectivity index (χ0n) is 18.6. The maximum Gasteiger partial charge on any atom is 0.243 e. The monoisotopic (exact) mass is 459 g/mol. The summed E-state index contributed by atoms with van der Waals surface area (Å²) in [5.74, 6) is 0.352. The molecule has 2 aromatic carbocycles. The maximum atomic E-state index is 12.9. The number of carbonyl (C=O) groups is 2. The predicted molar refractivity (Wildman–Crippen MR) is 122 cm³/mol. The summed E-state index contributed by atoms with van der Waals surface area (Å²) in [6.45, 7) is 4.01. The molecular weight excluding hydrogens is 430 g/mol. The van der Waals surface area contributed by atoms with Crippen LogP contribution in [0.1, 0.15) is 30.9 Å². The summed E-state index contributed by atoms with van der Waals surface area (Å²) in [5.41, 5.74) is 2.42. The van der Waals surface area contributed by atoms with Gasteiger partial charge in [0.2, 0.25) is 21.8 Å². The number of methoxy groups -OCH3 is 1. The Morgan fingerprint density at radius 3 is 2.34 bits per heavy atom. The number of sulfonamides is 1. The highest BCUT2D eigenvalue weighted by Gasteiger charge is 2.30. The molecule has 0 bridgehead atoms. The van der Waals surface area contributed by atoms with Crippen LogP contribution in [0.5, 0.6) is 5.75 Å². The molecule has 0 saturated carbocycles. The molecule has 3 rings (SSSR count). The number of ether oxygens (including phenoxy) is 1. The maximum absolute atomic E-state index is 12.9. The number of anilines is 1. The molecule has 0 atom stereocenters. The highest BCUT2D eigenvalue weighted by Crippen LogP contribution is 2.23. The van der Waals surface area contributed by atoms with Crippen LogP contribution >= 0.6 is 0 Å². The van der Waals surface area contributed by atoms with Gasteiger partial charge in [-0.15, -0.1) is 0 Å². The minimum atomic E-state index is -3.63. The number of carbonyl (C=O) groups excluding carboxylic acids is 2. The van der Waals surface area contributed by atoms with Gasteiger partial charge in [0.15, 0.2) is 0 Å². The third kappa shape index (κ3) is 5.86. The first-order chi connectivity index (χ1) is 15.2. The fourth-order valence-electron chi connectivity index (χ4n) is 3.80. The van der Waals surface area contributed by atoms with E-state index >= 15 is 0 Å². The number of nitrogens with one attached hydrogen (secondary N) is 2. The topological polar surface area (TPSA) is 105 Å². The van der Waals surface area contributed by atoms with Crippen molar-refractivity contribution in [3.05, 3.63) is 53.6 Å². The molecule has 1 aliphatic heterocycles. The SMILES string of the molecule is COc1ccc(C)cc1CC(=O)NC1CCN(S(=O)(=O)c2ccc(NC(C)=O)cc2)CC1. The quantitative estimate of drug-likeness (QED) is 0.662. The lowest BCUT2D eigenvalue weighted by molar-refractivity contribution is -0.121. The van der Waals surface area contributed by atoms with Crippen molar-refractivity contribution in [1.82, 2.24) is 9.62 Å². The van der Waals surface area contributed by atoms with Crippen molar-refractivity contribution in [1.29, 1.82) is 0 Å². The number of hydrogen-bond donors (Lipinski definition) is 2. The zero-order chi connectivity index (χ0) is 23.3. The summed E-state index contributed by atoms with van der Waals surface area (Å²) < 4.78 is 32.6. The molecular formula is C23H29N3O5S. The summed E-state index contributed by atoms with van der Waals surface area (Å²) in [6.07, 6.45) is 1.30. The molecule has 2 N–H and O–H groups in total. The van der Waals surface area contributed by atoms with Gasteiger partial charge in [-0.2, -0.15) is 4.31 Å². The molecule has 0 spiro atoms. The molecule has 1 saturated heterocycles. The Morgan fingerprint density at radius 2 is 1.75 bits per heavy atom. The van der Waals surface area contributed by atoms with Crippen molar-refractivity contribution in [2.75, 3.05) is 25.5 Å². The Kier molecular flexibility index (Phi) is 7.52. The van der Waals surface area contributed by atoms with Crippen LogP contribution in [0.25, 0.3) is 0 Å². The van der Waals surface area contributed by atoms with Gasteiger partial charge in [0.1, 0.15) is 5.75 Å². The highest BCUT2D eigenvalue weighted by atomic mass is 32.2. The second-order valence-corrected chi connectivity index (χ2v) is 9.88. The molecule has 0 radical (unpaired) electrons. The van der Waals surface area contributed by atoms with Gasteiger partial charge < -0.3 is 15.4 Å². The van der Waals surface area contributed by atoms with E-state index in [-0.39, 0.29) is 29.2 Å². The molecule has 8 nitrogen and oxygen atoms in total. The van der Waals surface area contributed by atoms with Gasteiger partial charge in [-0.25, -0.2) is 8.42 Å². The Hall–Kier alpha value is -2.91. The van der Waals surface area contributed by atoms with Crippen molar-refractivity contribution < 1.29 is 22.7 Å². The normalized spacial score (nSPS) is 15.2. The Labute approximate surface area is 189 Å². The fourth-order valence-corrected chi connectivity index (χ4v) is 5.27. The number of amides is 2. The van der Waals surface area contributed by atoms with Gasteiger partial charge in [-0.3, -0.25) is 9.59 Å². The summed E-state index contributed by atoms with van der Waals surface area (Å²) in [7, 11) is -2.05. The van der Waals surface area contributed by atoms with Crippen LogP contribution in [-0.4, -0.2) is 50.8 Å². The van der Waals surface area contributed by atoms with Crippen molar-refractivity contribution in [3.8, 4) is 5.75 Å². The summed E-state index contributed by atoms with van der Waals surface area (Å²) >= 11 is 0. The van der Waals surface area contributed by atoms with Crippen molar-refractivity contribution >= 4 is 27.5 Å². The van der Waals surface area contributed by atoms with Crippen LogP contribution in [-0.2, 0) is 26.0 Å². The van der Waals surface area contributed by atoms with E-state index in [1.165, 1.54) is 23.4 Å². The zero-order valence-corrected chi connectivity index (χ0v) is 19.4. The van der Waals surface area contributed by atoms with Crippen molar-refractivity contribution in [3.63, 3.8) is 0 Å². The molecule has 1 fully saturated rings. The molecule has 1 heterocycles. The highest BCUT2D eigenvalue weighted by molar-refractivity contribution is 7.89. The Balaban J connectivity index is 1.56. The first kappa shape index (κ1) is 23.7. The minimum absolute atomic E-state index is 0.0769. The number of benzene rings is 2. The van der Waals surface area contributed by atoms with E-state index in [0.29, 0.717) is 37.4 Å². The molecule has 0 aliphatic carbocycles. The van der Waals surface area contributed by atoms with E-state index in [1.807, 2.05) is 25.1 Å². The molecule has 32 heavy (non-hydrogen) atoms. The summed E-state index contributed by atoms with van der Waals surface area (Å²) in [5, 5.41) is 5.64. The van der Waals surface area contributed by atoms with Crippen LogP contribution in [0.15, 0.2) is 47.4 Å². The predicted octanol–water partition coefficient (Wildman–Crippen LogP) is 2.47. The molecule has 2 amide bonds. The van der Waals surface area contributed by atoms with Crippen LogP contribution in [0.4, 0.5) is 5.69 Å². The lowest BCUT2D eigenvalue weighted by Gasteiger charge is -2.31. The second-order valence-electron chi connectivity index (χ2n) is 7.94. The largest absolute Gasteiger partial charge is 0.496 e. The summed E-state index contributed by atoms with van der Waals surface area (Å²) in [6, 6.07) is 11.8. The lowest BCUT2D eigenvalue weighted by Crippen LogP contribution is -2.46. The Bertz CT molecular complexity index is 1080.